The number of nitrogens with zero attached hydrogens (tertiary/aromatic N) is 3. The SMILES string of the molecule is Cc1nn(C)c(C)c1C(=O)N1CCC(C)(CN)C1.Cl. The van der Waals surface area contributed by atoms with E-state index in [-0.39, 0.29) is 23.7 Å². The second-order valence-corrected chi connectivity index (χ2v) is 5.66. The van der Waals surface area contributed by atoms with Crippen LogP contribution in [0.2, 0.25) is 0 Å². The van der Waals surface area contributed by atoms with Gasteiger partial charge in [0, 0.05) is 25.8 Å². The molecular formula is C13H23ClN4O. The van der Waals surface area contributed by atoms with Gasteiger partial charge in [-0.15, -0.1) is 12.4 Å². The van der Waals surface area contributed by atoms with Crippen LogP contribution in [0.25, 0.3) is 0 Å². The van der Waals surface area contributed by atoms with Gasteiger partial charge in [-0.1, -0.05) is 6.92 Å². The molecule has 0 bridgehead atoms. The highest BCUT2D eigenvalue weighted by Gasteiger charge is 2.36. The first-order chi connectivity index (χ1) is 8.38. The molecule has 19 heavy (non-hydrogen) atoms. The van der Waals surface area contributed by atoms with Gasteiger partial charge in [0.2, 0.25) is 0 Å². The fourth-order valence-electron chi connectivity index (χ4n) is 2.60. The van der Waals surface area contributed by atoms with Crippen LogP contribution in [0.1, 0.15) is 35.1 Å². The van der Waals surface area contributed by atoms with E-state index in [1.54, 1.807) is 4.68 Å². The lowest BCUT2D eigenvalue weighted by molar-refractivity contribution is 0.0775. The van der Waals surface area contributed by atoms with Crippen LogP contribution in [0, 0.1) is 19.3 Å². The molecular weight excluding hydrogens is 264 g/mol. The zero-order chi connectivity index (χ0) is 13.5. The van der Waals surface area contributed by atoms with Gasteiger partial charge in [-0.05, 0) is 32.2 Å². The van der Waals surface area contributed by atoms with E-state index in [4.69, 9.17) is 5.73 Å². The zero-order valence-corrected chi connectivity index (χ0v) is 12.9. The Bertz CT molecular complexity index is 485. The normalized spacial score (nSPS) is 22.5. The number of halogens is 1. The summed E-state index contributed by atoms with van der Waals surface area (Å²) in [6.07, 6.45) is 0.980. The molecule has 6 heteroatoms. The molecule has 2 rings (SSSR count). The molecule has 5 nitrogen and oxygen atoms in total. The minimum Gasteiger partial charge on any atom is -0.338 e. The lowest BCUT2D eigenvalue weighted by Gasteiger charge is -2.22. The Morgan fingerprint density at radius 1 is 1.47 bits per heavy atom. The van der Waals surface area contributed by atoms with Gasteiger partial charge in [0.25, 0.3) is 5.91 Å². The number of carbonyl (C=O) groups excluding carboxylic acids is 1. The number of rotatable bonds is 2. The highest BCUT2D eigenvalue weighted by molar-refractivity contribution is 5.96. The van der Waals surface area contributed by atoms with E-state index < -0.39 is 0 Å². The summed E-state index contributed by atoms with van der Waals surface area (Å²) in [4.78, 5) is 14.4. The molecule has 0 saturated carbocycles. The molecule has 1 saturated heterocycles. The molecule has 1 atom stereocenters. The van der Waals surface area contributed by atoms with Crippen LogP contribution in [0.3, 0.4) is 0 Å². The van der Waals surface area contributed by atoms with Crippen LogP contribution >= 0.6 is 12.4 Å². The molecule has 1 aliphatic heterocycles. The quantitative estimate of drug-likeness (QED) is 0.890. The van der Waals surface area contributed by atoms with E-state index >= 15 is 0 Å². The second kappa shape index (κ2) is 5.51. The number of nitrogens with two attached hydrogens (primary N) is 1. The van der Waals surface area contributed by atoms with Gasteiger partial charge in [0.1, 0.15) is 0 Å². The Balaban J connectivity index is 0.00000180. The number of amides is 1. The molecule has 1 unspecified atom stereocenters. The van der Waals surface area contributed by atoms with Crippen LogP contribution in [0.4, 0.5) is 0 Å². The number of aromatic nitrogens is 2. The Morgan fingerprint density at radius 3 is 2.53 bits per heavy atom. The molecule has 1 aliphatic rings. The number of hydrogen-bond acceptors (Lipinski definition) is 3. The molecule has 1 aromatic heterocycles. The van der Waals surface area contributed by atoms with Crippen LogP contribution in [0.5, 0.6) is 0 Å². The highest BCUT2D eigenvalue weighted by atomic mass is 35.5. The fourth-order valence-corrected chi connectivity index (χ4v) is 2.60. The average molecular weight is 287 g/mol. The number of likely N-dealkylation sites (tertiary alicyclic amines) is 1. The van der Waals surface area contributed by atoms with Crippen LogP contribution in [0.15, 0.2) is 0 Å². The fraction of sp³-hybridized carbons (Fsp3) is 0.692. The Kier molecular flexibility index (Phi) is 4.63. The highest BCUT2D eigenvalue weighted by Crippen LogP contribution is 2.30. The van der Waals surface area contributed by atoms with Crippen LogP contribution in [-0.2, 0) is 7.05 Å². The van der Waals surface area contributed by atoms with E-state index in [0.29, 0.717) is 6.54 Å². The van der Waals surface area contributed by atoms with Crippen molar-refractivity contribution in [3.8, 4) is 0 Å². The van der Waals surface area contributed by atoms with Gasteiger partial charge in [-0.25, -0.2) is 0 Å². The third kappa shape index (κ3) is 2.77. The number of carbonyl (C=O) groups is 1. The molecule has 2 N–H and O–H groups in total. The minimum absolute atomic E-state index is 0. The van der Waals surface area contributed by atoms with Crippen LogP contribution in [-0.4, -0.2) is 40.2 Å². The second-order valence-electron chi connectivity index (χ2n) is 5.66. The molecule has 108 valence electrons. The minimum atomic E-state index is 0. The van der Waals surface area contributed by atoms with Crippen molar-refractivity contribution in [2.75, 3.05) is 19.6 Å². The monoisotopic (exact) mass is 286 g/mol. The van der Waals surface area contributed by atoms with E-state index in [1.807, 2.05) is 25.8 Å². The van der Waals surface area contributed by atoms with E-state index in [1.165, 1.54) is 0 Å². The van der Waals surface area contributed by atoms with Gasteiger partial charge in [0.15, 0.2) is 0 Å². The van der Waals surface area contributed by atoms with E-state index in [2.05, 4.69) is 12.0 Å². The summed E-state index contributed by atoms with van der Waals surface area (Å²) in [7, 11) is 1.87. The van der Waals surface area contributed by atoms with Crippen molar-refractivity contribution in [3.05, 3.63) is 17.0 Å². The summed E-state index contributed by atoms with van der Waals surface area (Å²) in [5, 5.41) is 4.30. The van der Waals surface area contributed by atoms with E-state index in [9.17, 15) is 4.79 Å². The molecule has 2 heterocycles. The topological polar surface area (TPSA) is 64.2 Å². The van der Waals surface area contributed by atoms with Crippen molar-refractivity contribution in [3.63, 3.8) is 0 Å². The largest absolute Gasteiger partial charge is 0.338 e. The maximum Gasteiger partial charge on any atom is 0.257 e. The van der Waals surface area contributed by atoms with Gasteiger partial charge in [0.05, 0.1) is 11.3 Å². The third-order valence-electron chi connectivity index (χ3n) is 4.06. The predicted octanol–water partition coefficient (Wildman–Crippen LogP) is 1.27. The third-order valence-corrected chi connectivity index (χ3v) is 4.06. The number of aryl methyl sites for hydroxylation is 2. The van der Waals surface area contributed by atoms with Crippen molar-refractivity contribution in [2.45, 2.75) is 27.2 Å². The molecule has 0 aliphatic carbocycles. The lowest BCUT2D eigenvalue weighted by atomic mass is 9.90. The first-order valence-electron chi connectivity index (χ1n) is 6.37. The molecule has 1 amide bonds. The first kappa shape index (κ1) is 16.0. The lowest BCUT2D eigenvalue weighted by Crippen LogP contribution is -2.34. The summed E-state index contributed by atoms with van der Waals surface area (Å²) >= 11 is 0. The molecule has 0 spiro atoms. The van der Waals surface area contributed by atoms with Crippen molar-refractivity contribution < 1.29 is 4.79 Å². The summed E-state index contributed by atoms with van der Waals surface area (Å²) in [6.45, 7) is 8.13. The van der Waals surface area contributed by atoms with Crippen molar-refractivity contribution >= 4 is 18.3 Å². The van der Waals surface area contributed by atoms with E-state index in [0.717, 1.165) is 36.5 Å². The first-order valence-corrected chi connectivity index (χ1v) is 6.37. The van der Waals surface area contributed by atoms with Gasteiger partial charge < -0.3 is 10.6 Å². The molecule has 1 fully saturated rings. The zero-order valence-electron chi connectivity index (χ0n) is 12.1. The maximum atomic E-state index is 12.5. The Hall–Kier alpha value is -1.07. The Labute approximate surface area is 120 Å². The summed E-state index contributed by atoms with van der Waals surface area (Å²) < 4.78 is 1.76. The molecule has 0 radical (unpaired) electrons. The summed E-state index contributed by atoms with van der Waals surface area (Å²) in [6, 6.07) is 0. The van der Waals surface area contributed by atoms with Gasteiger partial charge in [-0.2, -0.15) is 5.10 Å². The number of hydrogen-bond donors (Lipinski definition) is 1. The van der Waals surface area contributed by atoms with Crippen molar-refractivity contribution in [1.29, 1.82) is 0 Å². The maximum absolute atomic E-state index is 12.5. The van der Waals surface area contributed by atoms with Crippen molar-refractivity contribution in [2.24, 2.45) is 18.2 Å². The average Bonchev–Trinajstić information content (AvgIpc) is 2.82. The van der Waals surface area contributed by atoms with Gasteiger partial charge in [-0.3, -0.25) is 9.48 Å². The van der Waals surface area contributed by atoms with Gasteiger partial charge >= 0.3 is 0 Å². The standard InChI is InChI=1S/C13H22N4O.ClH/c1-9-11(10(2)16(4)15-9)12(18)17-6-5-13(3,7-14)8-17;/h5-8,14H2,1-4H3;1H. The van der Waals surface area contributed by atoms with Crippen molar-refractivity contribution in [1.82, 2.24) is 14.7 Å². The van der Waals surface area contributed by atoms with Crippen LogP contribution < -0.4 is 5.73 Å². The summed E-state index contributed by atoms with van der Waals surface area (Å²) in [5.41, 5.74) is 8.33. The smallest absolute Gasteiger partial charge is 0.257 e. The predicted molar refractivity (Wildman–Crippen MR) is 77.6 cm³/mol. The summed E-state index contributed by atoms with van der Waals surface area (Å²) in [5.74, 6) is 0.0928. The molecule has 1 aromatic rings. The Morgan fingerprint density at radius 2 is 2.11 bits per heavy atom. The molecule has 0 aromatic carbocycles.